The second-order valence-corrected chi connectivity index (χ2v) is 10.9. The Morgan fingerprint density at radius 1 is 0.300 bits per heavy atom. The van der Waals surface area contributed by atoms with E-state index in [0.717, 1.165) is 13.0 Å². The van der Waals surface area contributed by atoms with Gasteiger partial charge in [0.05, 0.1) is 172 Å². The molecule has 0 aromatic heterocycles. The summed E-state index contributed by atoms with van der Waals surface area (Å²) in [5, 5.41) is 8.49. The van der Waals surface area contributed by atoms with Crippen LogP contribution in [-0.2, 0) is 66.4 Å². The molecule has 0 saturated heterocycles. The fraction of sp³-hybridized carbons (Fsp3) is 0.971. The molecule has 15 nitrogen and oxygen atoms in total. The van der Waals surface area contributed by atoms with E-state index in [1.54, 1.807) is 0 Å². The molecule has 0 amide bonds. The van der Waals surface area contributed by atoms with Gasteiger partial charge in [0.15, 0.2) is 0 Å². The maximum absolute atomic E-state index is 10.3. The van der Waals surface area contributed by atoms with Gasteiger partial charge in [0.2, 0.25) is 0 Å². The Labute approximate surface area is 301 Å². The predicted octanol–water partition coefficient (Wildman–Crippen LogP) is 3.04. The van der Waals surface area contributed by atoms with Crippen molar-refractivity contribution in [2.24, 2.45) is 0 Å². The molecule has 0 saturated carbocycles. The summed E-state index contributed by atoms with van der Waals surface area (Å²) in [6.07, 6.45) is 7.65. The number of unbranched alkanes of at least 4 members (excludes halogenated alkanes) is 5. The van der Waals surface area contributed by atoms with E-state index in [0.29, 0.717) is 159 Å². The summed E-state index contributed by atoms with van der Waals surface area (Å²) in [6.45, 7) is 15.3. The Hall–Kier alpha value is -1.05. The molecule has 1 N–H and O–H groups in total. The lowest BCUT2D eigenvalue weighted by Crippen LogP contribution is -2.15. The van der Waals surface area contributed by atoms with Crippen LogP contribution < -0.4 is 0 Å². The Balaban J connectivity index is 3.05. The first-order valence-electron chi connectivity index (χ1n) is 18.5. The molecule has 0 bridgehead atoms. The lowest BCUT2D eigenvalue weighted by molar-refractivity contribution is -0.138. The van der Waals surface area contributed by atoms with Crippen molar-refractivity contribution in [3.05, 3.63) is 0 Å². The van der Waals surface area contributed by atoms with Gasteiger partial charge in [0.25, 0.3) is 0 Å². The Morgan fingerprint density at radius 2 is 0.500 bits per heavy atom. The fourth-order valence-electron chi connectivity index (χ4n) is 3.88. The van der Waals surface area contributed by atoms with Crippen molar-refractivity contribution in [2.45, 2.75) is 51.9 Å². The van der Waals surface area contributed by atoms with Crippen LogP contribution >= 0.6 is 0 Å². The monoisotopic (exact) mass is 730 g/mol. The van der Waals surface area contributed by atoms with Crippen molar-refractivity contribution in [2.75, 3.05) is 172 Å². The van der Waals surface area contributed by atoms with Gasteiger partial charge in [-0.05, 0) is 6.42 Å². The van der Waals surface area contributed by atoms with E-state index in [9.17, 15) is 4.79 Å². The van der Waals surface area contributed by atoms with Gasteiger partial charge in [-0.25, -0.2) is 0 Å². The molecule has 0 heterocycles. The van der Waals surface area contributed by atoms with Crippen LogP contribution in [0.2, 0.25) is 0 Å². The topological polar surface area (TPSA) is 157 Å². The highest BCUT2D eigenvalue weighted by molar-refractivity contribution is 5.66. The third-order valence-corrected chi connectivity index (χ3v) is 6.57. The van der Waals surface area contributed by atoms with Crippen molar-refractivity contribution in [1.29, 1.82) is 0 Å². The SMILES string of the molecule is CCCCCCCCOCCOCCOCCOCCOCCOCCOCCOCCOCCOCCOCCOCCOCCC(=O)O. The minimum atomic E-state index is -0.874. The van der Waals surface area contributed by atoms with Gasteiger partial charge in [-0.3, -0.25) is 4.79 Å². The molecule has 0 aliphatic carbocycles. The first kappa shape index (κ1) is 49.0. The summed E-state index contributed by atoms with van der Waals surface area (Å²) < 4.78 is 70.8. The van der Waals surface area contributed by atoms with Crippen molar-refractivity contribution >= 4 is 5.97 Å². The molecular formula is C35H70O15. The lowest BCUT2D eigenvalue weighted by atomic mass is 10.1. The standard InChI is InChI=1S/C35H70O15/c1-2-3-4-5-6-7-9-38-11-13-40-15-17-42-19-21-44-23-25-46-27-29-48-31-33-50-34-32-49-30-28-47-26-24-45-22-20-43-18-16-41-14-12-39-10-8-35(36)37/h2-34H2,1H3,(H,36,37). The normalized spacial score (nSPS) is 11.5. The van der Waals surface area contributed by atoms with Crippen molar-refractivity contribution in [3.8, 4) is 0 Å². The summed E-state index contributed by atoms with van der Waals surface area (Å²) in [5.41, 5.74) is 0. The van der Waals surface area contributed by atoms with E-state index < -0.39 is 5.97 Å². The zero-order chi connectivity index (χ0) is 36.1. The number of hydrogen-bond acceptors (Lipinski definition) is 14. The van der Waals surface area contributed by atoms with E-state index in [2.05, 4.69) is 6.92 Å². The summed E-state index contributed by atoms with van der Waals surface area (Å²) in [7, 11) is 0. The summed E-state index contributed by atoms with van der Waals surface area (Å²) in [5.74, 6) is -0.874. The van der Waals surface area contributed by atoms with Gasteiger partial charge in [0.1, 0.15) is 0 Å². The Kier molecular flexibility index (Phi) is 45.0. The summed E-state index contributed by atoms with van der Waals surface area (Å²) >= 11 is 0. The number of rotatable bonds is 46. The third kappa shape index (κ3) is 47.0. The Bertz CT molecular complexity index is 633. The van der Waals surface area contributed by atoms with Crippen molar-refractivity contribution in [1.82, 2.24) is 0 Å². The Morgan fingerprint density at radius 3 is 0.740 bits per heavy atom. The molecular weight excluding hydrogens is 660 g/mol. The fourth-order valence-corrected chi connectivity index (χ4v) is 3.88. The molecule has 0 aromatic rings. The molecule has 0 unspecified atom stereocenters. The van der Waals surface area contributed by atoms with Gasteiger partial charge in [-0.2, -0.15) is 0 Å². The zero-order valence-corrected chi connectivity index (χ0v) is 31.0. The highest BCUT2D eigenvalue weighted by Crippen LogP contribution is 2.04. The number of aliphatic carboxylic acids is 1. The highest BCUT2D eigenvalue weighted by Gasteiger charge is 1.98. The highest BCUT2D eigenvalue weighted by atomic mass is 16.6. The number of carboxylic acids is 1. The quantitative estimate of drug-likeness (QED) is 0.0911. The van der Waals surface area contributed by atoms with Crippen LogP contribution in [0.3, 0.4) is 0 Å². The number of carboxylic acid groups (broad SMARTS) is 1. The van der Waals surface area contributed by atoms with E-state index in [1.165, 1.54) is 32.1 Å². The van der Waals surface area contributed by atoms with Crippen molar-refractivity contribution in [3.63, 3.8) is 0 Å². The number of hydrogen-bond donors (Lipinski definition) is 1. The van der Waals surface area contributed by atoms with Crippen LogP contribution in [0.25, 0.3) is 0 Å². The van der Waals surface area contributed by atoms with Crippen LogP contribution in [-0.4, -0.2) is 183 Å². The summed E-state index contributed by atoms with van der Waals surface area (Å²) in [4.78, 5) is 10.3. The molecule has 0 rings (SSSR count). The van der Waals surface area contributed by atoms with Crippen LogP contribution in [0.4, 0.5) is 0 Å². The molecule has 0 radical (unpaired) electrons. The van der Waals surface area contributed by atoms with Gasteiger partial charge < -0.3 is 66.7 Å². The van der Waals surface area contributed by atoms with E-state index in [1.807, 2.05) is 0 Å². The van der Waals surface area contributed by atoms with Crippen LogP contribution in [0.5, 0.6) is 0 Å². The second kappa shape index (κ2) is 46.0. The number of ether oxygens (including phenoxy) is 13. The lowest BCUT2D eigenvalue weighted by Gasteiger charge is -2.09. The minimum Gasteiger partial charge on any atom is -0.481 e. The van der Waals surface area contributed by atoms with Crippen LogP contribution in [0, 0.1) is 0 Å². The zero-order valence-electron chi connectivity index (χ0n) is 31.0. The molecule has 15 heteroatoms. The maximum atomic E-state index is 10.3. The van der Waals surface area contributed by atoms with Gasteiger partial charge in [0, 0.05) is 6.61 Å². The maximum Gasteiger partial charge on any atom is 0.305 e. The largest absolute Gasteiger partial charge is 0.481 e. The average Bonchev–Trinajstić information content (AvgIpc) is 3.11. The molecule has 0 aromatic carbocycles. The van der Waals surface area contributed by atoms with E-state index in [4.69, 9.17) is 66.7 Å². The molecule has 0 aliphatic heterocycles. The van der Waals surface area contributed by atoms with Crippen LogP contribution in [0.15, 0.2) is 0 Å². The molecule has 0 aliphatic rings. The summed E-state index contributed by atoms with van der Waals surface area (Å²) in [6, 6.07) is 0. The van der Waals surface area contributed by atoms with Gasteiger partial charge in [-0.1, -0.05) is 39.0 Å². The molecule has 0 spiro atoms. The van der Waals surface area contributed by atoms with E-state index >= 15 is 0 Å². The first-order chi connectivity index (χ1) is 24.8. The average molecular weight is 731 g/mol. The molecule has 0 atom stereocenters. The van der Waals surface area contributed by atoms with Gasteiger partial charge >= 0.3 is 5.97 Å². The molecule has 0 fully saturated rings. The predicted molar refractivity (Wildman–Crippen MR) is 186 cm³/mol. The van der Waals surface area contributed by atoms with Crippen LogP contribution in [0.1, 0.15) is 51.9 Å². The van der Waals surface area contributed by atoms with Crippen molar-refractivity contribution < 1.29 is 71.5 Å². The minimum absolute atomic E-state index is 0.00209. The second-order valence-electron chi connectivity index (χ2n) is 10.9. The smallest absolute Gasteiger partial charge is 0.305 e. The third-order valence-electron chi connectivity index (χ3n) is 6.57. The molecule has 300 valence electrons. The van der Waals surface area contributed by atoms with Gasteiger partial charge in [-0.15, -0.1) is 0 Å². The molecule has 50 heavy (non-hydrogen) atoms. The first-order valence-corrected chi connectivity index (χ1v) is 18.5. The number of carbonyl (C=O) groups is 1. The van der Waals surface area contributed by atoms with E-state index in [-0.39, 0.29) is 13.0 Å².